The summed E-state index contributed by atoms with van der Waals surface area (Å²) < 4.78 is 10.4. The maximum Gasteiger partial charge on any atom is 0.251 e. The molecule has 0 spiro atoms. The first-order valence-electron chi connectivity index (χ1n) is 6.13. The molecule has 1 N–H and O–H groups in total. The van der Waals surface area contributed by atoms with Crippen LogP contribution >= 0.6 is 0 Å². The number of hydrogen-bond acceptors (Lipinski definition) is 4. The summed E-state index contributed by atoms with van der Waals surface area (Å²) in [5.41, 5.74) is 1.46. The van der Waals surface area contributed by atoms with Crippen LogP contribution in [0.1, 0.15) is 15.9 Å². The molecule has 0 fully saturated rings. The normalized spacial score (nSPS) is 9.90. The molecule has 0 aliphatic carbocycles. The lowest BCUT2D eigenvalue weighted by molar-refractivity contribution is 0.0950. The van der Waals surface area contributed by atoms with Crippen molar-refractivity contribution in [1.82, 2.24) is 10.3 Å². The first-order valence-corrected chi connectivity index (χ1v) is 6.13. The number of amides is 1. The van der Waals surface area contributed by atoms with Crippen LogP contribution in [0.3, 0.4) is 0 Å². The van der Waals surface area contributed by atoms with Gasteiger partial charge in [0.2, 0.25) is 0 Å². The molecule has 2 rings (SSSR count). The van der Waals surface area contributed by atoms with Crippen LogP contribution in [0.25, 0.3) is 0 Å². The largest absolute Gasteiger partial charge is 0.497 e. The first-order chi connectivity index (χ1) is 9.74. The molecule has 0 bridgehead atoms. The van der Waals surface area contributed by atoms with Gasteiger partial charge in [0.05, 0.1) is 14.2 Å². The van der Waals surface area contributed by atoms with E-state index in [9.17, 15) is 4.79 Å². The van der Waals surface area contributed by atoms with Gasteiger partial charge in [-0.1, -0.05) is 0 Å². The van der Waals surface area contributed by atoms with E-state index in [0.29, 0.717) is 23.6 Å². The van der Waals surface area contributed by atoms with Crippen molar-refractivity contribution in [3.05, 3.63) is 53.9 Å². The third kappa shape index (κ3) is 3.26. The van der Waals surface area contributed by atoms with E-state index < -0.39 is 0 Å². The van der Waals surface area contributed by atoms with Gasteiger partial charge in [-0.25, -0.2) is 0 Å². The average molecular weight is 272 g/mol. The molecule has 5 nitrogen and oxygen atoms in total. The number of ether oxygens (including phenoxy) is 2. The minimum absolute atomic E-state index is 0.148. The third-order valence-electron chi connectivity index (χ3n) is 2.88. The van der Waals surface area contributed by atoms with Gasteiger partial charge in [0.15, 0.2) is 0 Å². The number of benzene rings is 1. The van der Waals surface area contributed by atoms with Gasteiger partial charge >= 0.3 is 0 Å². The zero-order chi connectivity index (χ0) is 14.4. The molecule has 1 heterocycles. The lowest BCUT2D eigenvalue weighted by Gasteiger charge is -2.11. The standard InChI is InChI=1S/C15H16N2O3/c1-19-13-4-3-12(14(9-13)20-2)10-17-15(18)11-5-7-16-8-6-11/h3-9H,10H2,1-2H3,(H,17,18). The smallest absolute Gasteiger partial charge is 0.251 e. The van der Waals surface area contributed by atoms with Crippen molar-refractivity contribution in [2.24, 2.45) is 0 Å². The molecule has 1 aromatic heterocycles. The summed E-state index contributed by atoms with van der Waals surface area (Å²) in [6.45, 7) is 0.383. The molecule has 0 aliphatic rings. The predicted molar refractivity (Wildman–Crippen MR) is 75.0 cm³/mol. The lowest BCUT2D eigenvalue weighted by Crippen LogP contribution is -2.23. The Morgan fingerprint density at radius 1 is 1.15 bits per heavy atom. The SMILES string of the molecule is COc1ccc(CNC(=O)c2ccncc2)c(OC)c1. The fourth-order valence-corrected chi connectivity index (χ4v) is 1.78. The molecule has 1 aromatic carbocycles. The minimum atomic E-state index is -0.148. The highest BCUT2D eigenvalue weighted by Crippen LogP contribution is 2.24. The van der Waals surface area contributed by atoms with Gasteiger partial charge in [0.25, 0.3) is 5.91 Å². The Balaban J connectivity index is 2.05. The van der Waals surface area contributed by atoms with Gasteiger partial charge in [-0.2, -0.15) is 0 Å². The second-order valence-corrected chi connectivity index (χ2v) is 4.10. The Morgan fingerprint density at radius 2 is 1.90 bits per heavy atom. The maximum atomic E-state index is 11.9. The average Bonchev–Trinajstić information content (AvgIpc) is 2.53. The van der Waals surface area contributed by atoms with Crippen LogP contribution in [-0.2, 0) is 6.54 Å². The van der Waals surface area contributed by atoms with Gasteiger partial charge in [-0.05, 0) is 24.3 Å². The van der Waals surface area contributed by atoms with Gasteiger partial charge < -0.3 is 14.8 Å². The molecule has 0 saturated heterocycles. The number of nitrogens with one attached hydrogen (secondary N) is 1. The summed E-state index contributed by atoms with van der Waals surface area (Å²) >= 11 is 0. The van der Waals surface area contributed by atoms with Crippen molar-refractivity contribution >= 4 is 5.91 Å². The van der Waals surface area contributed by atoms with Crippen LogP contribution in [0.15, 0.2) is 42.7 Å². The van der Waals surface area contributed by atoms with Crippen LogP contribution in [-0.4, -0.2) is 25.1 Å². The quantitative estimate of drug-likeness (QED) is 0.904. The van der Waals surface area contributed by atoms with Crippen LogP contribution in [0.4, 0.5) is 0 Å². The van der Waals surface area contributed by atoms with Crippen molar-refractivity contribution in [3.8, 4) is 11.5 Å². The van der Waals surface area contributed by atoms with Gasteiger partial charge in [0, 0.05) is 36.1 Å². The van der Waals surface area contributed by atoms with Gasteiger partial charge in [-0.15, -0.1) is 0 Å². The molecule has 0 radical (unpaired) electrons. The number of methoxy groups -OCH3 is 2. The topological polar surface area (TPSA) is 60.5 Å². The van der Waals surface area contributed by atoms with E-state index >= 15 is 0 Å². The molecule has 0 atom stereocenters. The van der Waals surface area contributed by atoms with Crippen molar-refractivity contribution in [1.29, 1.82) is 0 Å². The second kappa shape index (κ2) is 6.56. The number of nitrogens with zero attached hydrogens (tertiary/aromatic N) is 1. The summed E-state index contributed by atoms with van der Waals surface area (Å²) in [6, 6.07) is 8.82. The summed E-state index contributed by atoms with van der Waals surface area (Å²) in [7, 11) is 3.18. The highest BCUT2D eigenvalue weighted by atomic mass is 16.5. The Hall–Kier alpha value is -2.56. The summed E-state index contributed by atoms with van der Waals surface area (Å²) in [5.74, 6) is 1.25. The number of carbonyl (C=O) groups excluding carboxylic acids is 1. The van der Waals surface area contributed by atoms with Crippen molar-refractivity contribution in [2.75, 3.05) is 14.2 Å². The number of aromatic nitrogens is 1. The van der Waals surface area contributed by atoms with Gasteiger partial charge in [-0.3, -0.25) is 9.78 Å². The molecule has 20 heavy (non-hydrogen) atoms. The highest BCUT2D eigenvalue weighted by molar-refractivity contribution is 5.93. The number of pyridine rings is 1. The number of rotatable bonds is 5. The predicted octanol–water partition coefficient (Wildman–Crippen LogP) is 2.03. The van der Waals surface area contributed by atoms with Crippen molar-refractivity contribution in [3.63, 3.8) is 0 Å². The van der Waals surface area contributed by atoms with E-state index in [1.54, 1.807) is 44.8 Å². The fraction of sp³-hybridized carbons (Fsp3) is 0.200. The Morgan fingerprint density at radius 3 is 2.55 bits per heavy atom. The zero-order valence-electron chi connectivity index (χ0n) is 11.4. The molecular formula is C15H16N2O3. The van der Waals surface area contributed by atoms with E-state index in [1.807, 2.05) is 12.1 Å². The molecule has 104 valence electrons. The zero-order valence-corrected chi connectivity index (χ0v) is 11.4. The Bertz CT molecular complexity index is 585. The van der Waals surface area contributed by atoms with E-state index in [1.165, 1.54) is 0 Å². The minimum Gasteiger partial charge on any atom is -0.497 e. The second-order valence-electron chi connectivity index (χ2n) is 4.10. The number of carbonyl (C=O) groups is 1. The molecule has 0 aliphatic heterocycles. The Labute approximate surface area is 117 Å². The summed E-state index contributed by atoms with van der Waals surface area (Å²) in [6.07, 6.45) is 3.17. The highest BCUT2D eigenvalue weighted by Gasteiger charge is 2.08. The Kier molecular flexibility index (Phi) is 4.55. The number of hydrogen-bond donors (Lipinski definition) is 1. The van der Waals surface area contributed by atoms with Crippen molar-refractivity contribution in [2.45, 2.75) is 6.54 Å². The van der Waals surface area contributed by atoms with Crippen LogP contribution in [0.2, 0.25) is 0 Å². The van der Waals surface area contributed by atoms with Gasteiger partial charge in [0.1, 0.15) is 11.5 Å². The lowest BCUT2D eigenvalue weighted by atomic mass is 10.1. The van der Waals surface area contributed by atoms with E-state index in [0.717, 1.165) is 5.56 Å². The summed E-state index contributed by atoms with van der Waals surface area (Å²) in [4.78, 5) is 15.8. The molecule has 0 unspecified atom stereocenters. The van der Waals surface area contributed by atoms with E-state index in [2.05, 4.69) is 10.3 Å². The molecule has 1 amide bonds. The van der Waals surface area contributed by atoms with Crippen LogP contribution in [0.5, 0.6) is 11.5 Å². The van der Waals surface area contributed by atoms with Crippen molar-refractivity contribution < 1.29 is 14.3 Å². The molecule has 0 saturated carbocycles. The molecule has 5 heteroatoms. The van der Waals surface area contributed by atoms with Crippen LogP contribution in [0, 0.1) is 0 Å². The first kappa shape index (κ1) is 13.9. The maximum absolute atomic E-state index is 11.9. The third-order valence-corrected chi connectivity index (χ3v) is 2.88. The van der Waals surface area contributed by atoms with E-state index in [4.69, 9.17) is 9.47 Å². The molecule has 2 aromatic rings. The van der Waals surface area contributed by atoms with E-state index in [-0.39, 0.29) is 5.91 Å². The monoisotopic (exact) mass is 272 g/mol. The summed E-state index contributed by atoms with van der Waals surface area (Å²) in [5, 5.41) is 2.84. The van der Waals surface area contributed by atoms with Crippen LogP contribution < -0.4 is 14.8 Å². The fourth-order valence-electron chi connectivity index (χ4n) is 1.78. The molecular weight excluding hydrogens is 256 g/mol.